The van der Waals surface area contributed by atoms with E-state index < -0.39 is 5.92 Å². The van der Waals surface area contributed by atoms with Gasteiger partial charge in [-0.05, 0) is 36.1 Å². The number of carbonyl (C=O) groups is 1. The Kier molecular flexibility index (Phi) is 5.71. The highest BCUT2D eigenvalue weighted by Crippen LogP contribution is 2.21. The van der Waals surface area contributed by atoms with Crippen molar-refractivity contribution >= 4 is 21.7 Å². The van der Waals surface area contributed by atoms with Crippen molar-refractivity contribution in [3.05, 3.63) is 70.2 Å². The highest BCUT2D eigenvalue weighted by Gasteiger charge is 2.19. The zero-order chi connectivity index (χ0) is 15.1. The molecule has 106 valence electrons. The lowest BCUT2D eigenvalue weighted by Crippen LogP contribution is -2.11. The molecule has 0 aromatic heterocycles. The van der Waals surface area contributed by atoms with Crippen LogP contribution in [-0.4, -0.2) is 5.78 Å². The normalized spacial score (nSPS) is 11.6. The van der Waals surface area contributed by atoms with Crippen LogP contribution in [0.3, 0.4) is 0 Å². The average Bonchev–Trinajstić information content (AvgIpc) is 2.51. The van der Waals surface area contributed by atoms with Crippen molar-refractivity contribution < 1.29 is 4.79 Å². The van der Waals surface area contributed by atoms with Crippen LogP contribution in [0.5, 0.6) is 0 Å². The number of halogens is 1. The number of hydrogen-bond acceptors (Lipinski definition) is 2. The van der Waals surface area contributed by atoms with Gasteiger partial charge >= 0.3 is 0 Å². The smallest absolute Gasteiger partial charge is 0.154 e. The van der Waals surface area contributed by atoms with Crippen LogP contribution in [0.2, 0.25) is 0 Å². The van der Waals surface area contributed by atoms with E-state index in [1.807, 2.05) is 42.5 Å². The lowest BCUT2D eigenvalue weighted by Gasteiger charge is -2.08. The van der Waals surface area contributed by atoms with Gasteiger partial charge in [0, 0.05) is 10.9 Å². The van der Waals surface area contributed by atoms with Gasteiger partial charge in [0.1, 0.15) is 5.92 Å². The summed E-state index contributed by atoms with van der Waals surface area (Å²) in [4.78, 5) is 12.2. The lowest BCUT2D eigenvalue weighted by molar-refractivity contribution is -0.119. The summed E-state index contributed by atoms with van der Waals surface area (Å²) in [6, 6.07) is 19.6. The lowest BCUT2D eigenvalue weighted by atomic mass is 9.93. The van der Waals surface area contributed by atoms with E-state index >= 15 is 0 Å². The van der Waals surface area contributed by atoms with Crippen molar-refractivity contribution in [3.63, 3.8) is 0 Å². The Hall–Kier alpha value is -1.92. The Morgan fingerprint density at radius 2 is 1.76 bits per heavy atom. The van der Waals surface area contributed by atoms with E-state index in [-0.39, 0.29) is 5.78 Å². The predicted octanol–water partition coefficient (Wildman–Crippen LogP) is 4.65. The zero-order valence-corrected chi connectivity index (χ0v) is 13.2. The first-order valence-corrected chi connectivity index (χ1v) is 7.71. The minimum absolute atomic E-state index is 0.00393. The van der Waals surface area contributed by atoms with Crippen LogP contribution in [0, 0.1) is 11.3 Å². The second kappa shape index (κ2) is 7.75. The van der Waals surface area contributed by atoms with Gasteiger partial charge in [0.05, 0.1) is 6.07 Å². The van der Waals surface area contributed by atoms with Crippen LogP contribution in [0.4, 0.5) is 0 Å². The number of nitriles is 1. The van der Waals surface area contributed by atoms with E-state index in [1.54, 1.807) is 0 Å². The monoisotopic (exact) mass is 341 g/mol. The summed E-state index contributed by atoms with van der Waals surface area (Å²) in [5, 5.41) is 9.25. The first kappa shape index (κ1) is 15.5. The van der Waals surface area contributed by atoms with Gasteiger partial charge in [0.2, 0.25) is 0 Å². The topological polar surface area (TPSA) is 40.9 Å². The number of benzene rings is 2. The molecule has 0 saturated heterocycles. The van der Waals surface area contributed by atoms with E-state index in [9.17, 15) is 10.1 Å². The highest BCUT2D eigenvalue weighted by atomic mass is 79.9. The van der Waals surface area contributed by atoms with Crippen molar-refractivity contribution in [2.24, 2.45) is 0 Å². The molecule has 0 aliphatic carbocycles. The quantitative estimate of drug-likeness (QED) is 0.767. The number of hydrogen-bond donors (Lipinski definition) is 0. The minimum atomic E-state index is -0.658. The molecule has 0 spiro atoms. The highest BCUT2D eigenvalue weighted by molar-refractivity contribution is 9.10. The molecule has 0 heterocycles. The predicted molar refractivity (Wildman–Crippen MR) is 86.9 cm³/mol. The molecule has 2 aromatic rings. The molecule has 0 radical (unpaired) electrons. The summed E-state index contributed by atoms with van der Waals surface area (Å²) in [7, 11) is 0. The van der Waals surface area contributed by atoms with E-state index in [4.69, 9.17) is 0 Å². The maximum Gasteiger partial charge on any atom is 0.154 e. The van der Waals surface area contributed by atoms with Crippen molar-refractivity contribution in [2.75, 3.05) is 0 Å². The van der Waals surface area contributed by atoms with Gasteiger partial charge in [0.15, 0.2) is 5.78 Å². The van der Waals surface area contributed by atoms with Crippen molar-refractivity contribution in [2.45, 2.75) is 25.2 Å². The Morgan fingerprint density at radius 1 is 1.10 bits per heavy atom. The van der Waals surface area contributed by atoms with Gasteiger partial charge < -0.3 is 0 Å². The van der Waals surface area contributed by atoms with Crippen LogP contribution < -0.4 is 0 Å². The fourth-order valence-corrected chi connectivity index (χ4v) is 2.51. The molecule has 0 saturated carbocycles. The zero-order valence-electron chi connectivity index (χ0n) is 11.6. The maximum atomic E-state index is 12.2. The van der Waals surface area contributed by atoms with E-state index in [2.05, 4.69) is 34.1 Å². The van der Waals surface area contributed by atoms with Gasteiger partial charge in [0.25, 0.3) is 0 Å². The molecule has 0 amide bonds. The molecule has 21 heavy (non-hydrogen) atoms. The third-order valence-electron chi connectivity index (χ3n) is 3.39. The molecule has 3 heteroatoms. The SMILES string of the molecule is N#CC(C(=O)CCCc1ccccc1)c1ccc(Br)cc1. The molecule has 1 unspecified atom stereocenters. The number of Topliss-reactive ketones (excluding diaryl/α,β-unsaturated/α-hetero) is 1. The molecule has 0 bridgehead atoms. The molecule has 2 aromatic carbocycles. The van der Waals surface area contributed by atoms with Gasteiger partial charge in [-0.25, -0.2) is 0 Å². The Bertz CT molecular complexity index is 629. The number of rotatable bonds is 6. The molecule has 0 N–H and O–H groups in total. The molecule has 2 nitrogen and oxygen atoms in total. The largest absolute Gasteiger partial charge is 0.298 e. The summed E-state index contributed by atoms with van der Waals surface area (Å²) in [5.41, 5.74) is 1.99. The van der Waals surface area contributed by atoms with Crippen LogP contribution in [0.15, 0.2) is 59.1 Å². The first-order valence-electron chi connectivity index (χ1n) is 6.92. The fraction of sp³-hybridized carbons (Fsp3) is 0.222. The summed E-state index contributed by atoms with van der Waals surface area (Å²) in [6.45, 7) is 0. The Morgan fingerprint density at radius 3 is 2.38 bits per heavy atom. The molecule has 0 aliphatic heterocycles. The molecule has 2 rings (SSSR count). The van der Waals surface area contributed by atoms with Crippen molar-refractivity contribution in [1.29, 1.82) is 5.26 Å². The number of carbonyl (C=O) groups excluding carboxylic acids is 1. The van der Waals surface area contributed by atoms with E-state index in [0.29, 0.717) is 6.42 Å². The van der Waals surface area contributed by atoms with Crippen LogP contribution >= 0.6 is 15.9 Å². The summed E-state index contributed by atoms with van der Waals surface area (Å²) >= 11 is 3.35. The average molecular weight is 342 g/mol. The van der Waals surface area contributed by atoms with Crippen LogP contribution in [-0.2, 0) is 11.2 Å². The summed E-state index contributed by atoms with van der Waals surface area (Å²) in [5.74, 6) is -0.662. The number of aryl methyl sites for hydroxylation is 1. The second-order valence-corrected chi connectivity index (χ2v) is 5.83. The maximum absolute atomic E-state index is 12.2. The van der Waals surface area contributed by atoms with Gasteiger partial charge in [-0.2, -0.15) is 5.26 Å². The Labute approximate surface area is 133 Å². The number of nitrogens with zero attached hydrogens (tertiary/aromatic N) is 1. The Balaban J connectivity index is 1.92. The second-order valence-electron chi connectivity index (χ2n) is 4.92. The van der Waals surface area contributed by atoms with Crippen molar-refractivity contribution in [3.8, 4) is 6.07 Å². The van der Waals surface area contributed by atoms with Gasteiger partial charge in [-0.3, -0.25) is 4.79 Å². The molecule has 0 aliphatic rings. The fourth-order valence-electron chi connectivity index (χ4n) is 2.24. The number of ketones is 1. The summed E-state index contributed by atoms with van der Waals surface area (Å²) < 4.78 is 0.944. The van der Waals surface area contributed by atoms with Crippen LogP contribution in [0.1, 0.15) is 29.9 Å². The molecular formula is C18H16BrNO. The molecule has 0 fully saturated rings. The van der Waals surface area contributed by atoms with Gasteiger partial charge in [-0.15, -0.1) is 0 Å². The minimum Gasteiger partial charge on any atom is -0.298 e. The third-order valence-corrected chi connectivity index (χ3v) is 3.91. The first-order chi connectivity index (χ1) is 10.2. The van der Waals surface area contributed by atoms with Gasteiger partial charge in [-0.1, -0.05) is 58.4 Å². The van der Waals surface area contributed by atoms with E-state index in [1.165, 1.54) is 5.56 Å². The van der Waals surface area contributed by atoms with Crippen molar-refractivity contribution in [1.82, 2.24) is 0 Å². The standard InChI is InChI=1S/C18H16BrNO/c19-16-11-9-15(10-12-16)17(13-20)18(21)8-4-7-14-5-2-1-3-6-14/h1-3,5-6,9-12,17H,4,7-8H2. The molecule has 1 atom stereocenters. The van der Waals surface area contributed by atoms with E-state index in [0.717, 1.165) is 22.9 Å². The summed E-state index contributed by atoms with van der Waals surface area (Å²) in [6.07, 6.45) is 2.08. The third kappa shape index (κ3) is 4.54. The molecular weight excluding hydrogens is 326 g/mol. The van der Waals surface area contributed by atoms with Crippen LogP contribution in [0.25, 0.3) is 0 Å².